The van der Waals surface area contributed by atoms with E-state index in [-0.39, 0.29) is 0 Å². The van der Waals surface area contributed by atoms with Gasteiger partial charge in [0.15, 0.2) is 0 Å². The van der Waals surface area contributed by atoms with Crippen molar-refractivity contribution >= 4 is 5.97 Å². The summed E-state index contributed by atoms with van der Waals surface area (Å²) in [7, 11) is 0. The lowest BCUT2D eigenvalue weighted by molar-refractivity contribution is -0.150. The average Bonchev–Trinajstić information content (AvgIpc) is 2.57. The summed E-state index contributed by atoms with van der Waals surface area (Å²) in [5.41, 5.74) is 2.59. The highest BCUT2D eigenvalue weighted by molar-refractivity contribution is 5.76. The maximum Gasteiger partial charge on any atom is 0.311 e. The molecule has 3 rings (SSSR count). The van der Waals surface area contributed by atoms with Crippen molar-refractivity contribution in [2.45, 2.75) is 19.3 Å². The van der Waals surface area contributed by atoms with Crippen LogP contribution < -0.4 is 5.32 Å². The highest BCUT2D eigenvalue weighted by Gasteiger charge is 2.39. The summed E-state index contributed by atoms with van der Waals surface area (Å²) in [6.45, 7) is 1.45. The van der Waals surface area contributed by atoms with Crippen LogP contribution in [0.3, 0.4) is 0 Å². The van der Waals surface area contributed by atoms with Crippen LogP contribution in [0.15, 0.2) is 48.8 Å². The molecule has 0 radical (unpaired) electrons. The Balaban J connectivity index is 1.87. The number of hydrogen-bond acceptors (Lipinski definition) is 3. The van der Waals surface area contributed by atoms with Crippen LogP contribution in [0, 0.1) is 5.41 Å². The third-order valence-electron chi connectivity index (χ3n) is 4.41. The molecule has 1 aromatic carbocycles. The molecule has 0 aliphatic carbocycles. The van der Waals surface area contributed by atoms with Crippen molar-refractivity contribution in [3.05, 3.63) is 54.4 Å². The molecule has 0 saturated carbocycles. The smallest absolute Gasteiger partial charge is 0.311 e. The second kappa shape index (κ2) is 6.28. The summed E-state index contributed by atoms with van der Waals surface area (Å²) >= 11 is 0. The van der Waals surface area contributed by atoms with E-state index in [1.165, 1.54) is 0 Å². The molecule has 0 bridgehead atoms. The van der Waals surface area contributed by atoms with Gasteiger partial charge in [0.2, 0.25) is 0 Å². The number of aromatic nitrogens is 1. The summed E-state index contributed by atoms with van der Waals surface area (Å²) in [5, 5.41) is 12.9. The van der Waals surface area contributed by atoms with E-state index in [9.17, 15) is 9.90 Å². The summed E-state index contributed by atoms with van der Waals surface area (Å²) in [4.78, 5) is 15.8. The van der Waals surface area contributed by atoms with E-state index >= 15 is 0 Å². The first-order valence-corrected chi connectivity index (χ1v) is 7.63. The van der Waals surface area contributed by atoms with Crippen LogP contribution in [0.25, 0.3) is 11.1 Å². The molecule has 2 N–H and O–H groups in total. The second-order valence-corrected chi connectivity index (χ2v) is 5.98. The first kappa shape index (κ1) is 14.7. The maximum atomic E-state index is 11.8. The molecule has 1 unspecified atom stereocenters. The zero-order valence-corrected chi connectivity index (χ0v) is 12.5. The SMILES string of the molecule is O=C(O)C1(Cc2cccc(-c3ccncc3)c2)CCCNC1. The van der Waals surface area contributed by atoms with Crippen molar-refractivity contribution in [1.29, 1.82) is 0 Å². The van der Waals surface area contributed by atoms with E-state index in [1.807, 2.05) is 30.3 Å². The molecular formula is C18H20N2O2. The van der Waals surface area contributed by atoms with Gasteiger partial charge in [-0.2, -0.15) is 0 Å². The first-order chi connectivity index (χ1) is 10.7. The van der Waals surface area contributed by atoms with Crippen molar-refractivity contribution < 1.29 is 9.90 Å². The predicted octanol–water partition coefficient (Wildman–Crippen LogP) is 2.75. The standard InChI is InChI=1S/C18H20N2O2/c21-17(22)18(7-2-8-20-13-18)12-14-3-1-4-16(11-14)15-5-9-19-10-6-15/h1,3-6,9-11,20H,2,7-8,12-13H2,(H,21,22). The molecule has 0 spiro atoms. The molecule has 114 valence electrons. The minimum atomic E-state index is -0.700. The fraction of sp³-hybridized carbons (Fsp3) is 0.333. The number of rotatable bonds is 4. The van der Waals surface area contributed by atoms with Crippen LogP contribution in [0.2, 0.25) is 0 Å². The Morgan fingerprint density at radius 1 is 1.23 bits per heavy atom. The number of piperidine rings is 1. The minimum absolute atomic E-state index is 0.543. The molecule has 4 heteroatoms. The predicted molar refractivity (Wildman–Crippen MR) is 85.5 cm³/mol. The Kier molecular flexibility index (Phi) is 4.20. The molecule has 1 saturated heterocycles. The lowest BCUT2D eigenvalue weighted by atomic mass is 9.75. The molecule has 2 heterocycles. The number of carbonyl (C=O) groups is 1. The summed E-state index contributed by atoms with van der Waals surface area (Å²) in [5.74, 6) is -0.700. The average molecular weight is 296 g/mol. The van der Waals surface area contributed by atoms with Gasteiger partial charge in [0.05, 0.1) is 5.41 Å². The number of aliphatic carboxylic acids is 1. The van der Waals surface area contributed by atoms with Gasteiger partial charge < -0.3 is 10.4 Å². The summed E-state index contributed by atoms with van der Waals surface area (Å²) < 4.78 is 0. The molecule has 1 atom stereocenters. The Morgan fingerprint density at radius 3 is 2.73 bits per heavy atom. The second-order valence-electron chi connectivity index (χ2n) is 5.98. The van der Waals surface area contributed by atoms with Gasteiger partial charge in [-0.1, -0.05) is 24.3 Å². The lowest BCUT2D eigenvalue weighted by Crippen LogP contribution is -2.47. The van der Waals surface area contributed by atoms with Crippen LogP contribution in [0.4, 0.5) is 0 Å². The van der Waals surface area contributed by atoms with Gasteiger partial charge in [-0.15, -0.1) is 0 Å². The number of pyridine rings is 1. The van der Waals surface area contributed by atoms with Gasteiger partial charge >= 0.3 is 5.97 Å². The Morgan fingerprint density at radius 2 is 2.05 bits per heavy atom. The molecular weight excluding hydrogens is 276 g/mol. The van der Waals surface area contributed by atoms with Crippen LogP contribution in [-0.4, -0.2) is 29.1 Å². The van der Waals surface area contributed by atoms with E-state index in [0.29, 0.717) is 13.0 Å². The van der Waals surface area contributed by atoms with Gasteiger partial charge in [-0.05, 0) is 54.6 Å². The van der Waals surface area contributed by atoms with Crippen LogP contribution in [0.1, 0.15) is 18.4 Å². The highest BCUT2D eigenvalue weighted by atomic mass is 16.4. The number of carboxylic acid groups (broad SMARTS) is 1. The Hall–Kier alpha value is -2.20. The topological polar surface area (TPSA) is 62.2 Å². The fourth-order valence-electron chi connectivity index (χ4n) is 3.17. The molecule has 4 nitrogen and oxygen atoms in total. The Bertz CT molecular complexity index is 649. The molecule has 1 fully saturated rings. The number of nitrogens with one attached hydrogen (secondary N) is 1. The molecule has 22 heavy (non-hydrogen) atoms. The fourth-order valence-corrected chi connectivity index (χ4v) is 3.17. The molecule has 2 aromatic rings. The minimum Gasteiger partial charge on any atom is -0.481 e. The summed E-state index contributed by atoms with van der Waals surface area (Å²) in [6.07, 6.45) is 5.75. The maximum absolute atomic E-state index is 11.8. The largest absolute Gasteiger partial charge is 0.481 e. The van der Waals surface area contributed by atoms with Crippen molar-refractivity contribution in [2.75, 3.05) is 13.1 Å². The zero-order chi connectivity index (χ0) is 15.4. The third kappa shape index (κ3) is 3.02. The number of nitrogens with zero attached hydrogens (tertiary/aromatic N) is 1. The molecule has 1 aliphatic heterocycles. The van der Waals surface area contributed by atoms with Gasteiger partial charge in [-0.25, -0.2) is 0 Å². The van der Waals surface area contributed by atoms with Crippen molar-refractivity contribution in [3.63, 3.8) is 0 Å². The normalized spacial score (nSPS) is 21.5. The number of benzene rings is 1. The molecule has 0 amide bonds. The van der Waals surface area contributed by atoms with Gasteiger partial charge in [-0.3, -0.25) is 9.78 Å². The van der Waals surface area contributed by atoms with Gasteiger partial charge in [0.25, 0.3) is 0 Å². The quantitative estimate of drug-likeness (QED) is 0.910. The molecule has 1 aliphatic rings. The Labute approximate surface area is 130 Å². The van der Waals surface area contributed by atoms with E-state index < -0.39 is 11.4 Å². The van der Waals surface area contributed by atoms with E-state index in [4.69, 9.17) is 0 Å². The lowest BCUT2D eigenvalue weighted by Gasteiger charge is -2.33. The van der Waals surface area contributed by atoms with Gasteiger partial charge in [0, 0.05) is 18.9 Å². The van der Waals surface area contributed by atoms with E-state index in [0.717, 1.165) is 36.1 Å². The third-order valence-corrected chi connectivity index (χ3v) is 4.41. The first-order valence-electron chi connectivity index (χ1n) is 7.63. The van der Waals surface area contributed by atoms with Crippen molar-refractivity contribution in [3.8, 4) is 11.1 Å². The van der Waals surface area contributed by atoms with Crippen LogP contribution >= 0.6 is 0 Å². The van der Waals surface area contributed by atoms with Gasteiger partial charge in [0.1, 0.15) is 0 Å². The van der Waals surface area contributed by atoms with Crippen LogP contribution in [-0.2, 0) is 11.2 Å². The number of hydrogen-bond donors (Lipinski definition) is 2. The van der Waals surface area contributed by atoms with Crippen molar-refractivity contribution in [1.82, 2.24) is 10.3 Å². The zero-order valence-electron chi connectivity index (χ0n) is 12.5. The monoisotopic (exact) mass is 296 g/mol. The molecule has 1 aromatic heterocycles. The summed E-state index contributed by atoms with van der Waals surface area (Å²) in [6, 6.07) is 12.1. The van der Waals surface area contributed by atoms with E-state index in [2.05, 4.69) is 16.4 Å². The van der Waals surface area contributed by atoms with E-state index in [1.54, 1.807) is 12.4 Å². The number of carboxylic acids is 1. The highest BCUT2D eigenvalue weighted by Crippen LogP contribution is 2.32. The van der Waals surface area contributed by atoms with Crippen LogP contribution in [0.5, 0.6) is 0 Å². The van der Waals surface area contributed by atoms with Crippen molar-refractivity contribution in [2.24, 2.45) is 5.41 Å².